The second-order valence-electron chi connectivity index (χ2n) is 6.53. The van der Waals surface area contributed by atoms with Gasteiger partial charge in [0, 0.05) is 29.6 Å². The molecule has 2 aliphatic rings. The normalized spacial score (nSPS) is 26.5. The van der Waals surface area contributed by atoms with Gasteiger partial charge >= 0.3 is 0 Å². The van der Waals surface area contributed by atoms with Crippen LogP contribution in [0, 0.1) is 23.5 Å². The topological polar surface area (TPSA) is 15.3 Å². The van der Waals surface area contributed by atoms with Crippen molar-refractivity contribution in [1.82, 2.24) is 5.32 Å². The fraction of sp³-hybridized carbons (Fsp3) is 0.625. The van der Waals surface area contributed by atoms with Crippen molar-refractivity contribution >= 4 is 21.6 Å². The highest BCUT2D eigenvalue weighted by Crippen LogP contribution is 2.37. The molecule has 2 nitrogen and oxygen atoms in total. The molecule has 1 aliphatic heterocycles. The first-order chi connectivity index (χ1) is 9.97. The third-order valence-electron chi connectivity index (χ3n) is 4.61. The second-order valence-corrected chi connectivity index (χ2v) is 7.45. The van der Waals surface area contributed by atoms with Crippen molar-refractivity contribution in [2.24, 2.45) is 11.8 Å². The fourth-order valence-corrected chi connectivity index (χ4v) is 3.67. The van der Waals surface area contributed by atoms with Gasteiger partial charge in [0.1, 0.15) is 5.69 Å². The lowest BCUT2D eigenvalue weighted by atomic mass is 9.96. The van der Waals surface area contributed by atoms with Gasteiger partial charge in [0.05, 0.1) is 0 Å². The monoisotopic (exact) mass is 358 g/mol. The van der Waals surface area contributed by atoms with Crippen LogP contribution in [-0.4, -0.2) is 25.2 Å². The standard InChI is InChI=1S/C16H21BrF2N2/c1-9(2)15-7-20-14(10-3-4-10)8-21(15)16-12(18)5-11(17)6-13(16)19/h5-6,9-10,14-15,20H,3-4,7-8H2,1-2H3. The Hall–Kier alpha value is -0.680. The average Bonchev–Trinajstić information content (AvgIpc) is 3.21. The molecule has 1 N–H and O–H groups in total. The van der Waals surface area contributed by atoms with E-state index in [-0.39, 0.29) is 11.7 Å². The Balaban J connectivity index is 1.94. The van der Waals surface area contributed by atoms with E-state index in [0.29, 0.717) is 28.9 Å². The Labute approximate surface area is 133 Å². The summed E-state index contributed by atoms with van der Waals surface area (Å²) in [6.07, 6.45) is 2.45. The molecule has 1 heterocycles. The second kappa shape index (κ2) is 5.84. The van der Waals surface area contributed by atoms with Crippen LogP contribution in [-0.2, 0) is 0 Å². The van der Waals surface area contributed by atoms with Crippen molar-refractivity contribution < 1.29 is 8.78 Å². The lowest BCUT2D eigenvalue weighted by Gasteiger charge is -2.44. The van der Waals surface area contributed by atoms with Gasteiger partial charge in [-0.2, -0.15) is 0 Å². The van der Waals surface area contributed by atoms with Crippen LogP contribution in [0.1, 0.15) is 26.7 Å². The summed E-state index contributed by atoms with van der Waals surface area (Å²) in [5, 5.41) is 3.57. The zero-order valence-electron chi connectivity index (χ0n) is 12.4. The van der Waals surface area contributed by atoms with Gasteiger partial charge in [-0.1, -0.05) is 29.8 Å². The van der Waals surface area contributed by atoms with E-state index < -0.39 is 11.6 Å². The molecule has 1 saturated carbocycles. The molecule has 0 aromatic heterocycles. The van der Waals surface area contributed by atoms with Crippen molar-refractivity contribution in [1.29, 1.82) is 0 Å². The Morgan fingerprint density at radius 1 is 1.24 bits per heavy atom. The average molecular weight is 359 g/mol. The van der Waals surface area contributed by atoms with E-state index in [4.69, 9.17) is 0 Å². The van der Waals surface area contributed by atoms with Crippen molar-refractivity contribution in [3.63, 3.8) is 0 Å². The van der Waals surface area contributed by atoms with E-state index in [1.807, 2.05) is 4.90 Å². The molecule has 0 spiro atoms. The molecule has 2 atom stereocenters. The lowest BCUT2D eigenvalue weighted by molar-refractivity contribution is 0.315. The van der Waals surface area contributed by atoms with Crippen LogP contribution >= 0.6 is 15.9 Å². The first kappa shape index (κ1) is 15.2. The van der Waals surface area contributed by atoms with Gasteiger partial charge in [-0.15, -0.1) is 0 Å². The van der Waals surface area contributed by atoms with Crippen LogP contribution in [0.2, 0.25) is 0 Å². The third-order valence-corrected chi connectivity index (χ3v) is 5.07. The van der Waals surface area contributed by atoms with Crippen LogP contribution in [0.3, 0.4) is 0 Å². The quantitative estimate of drug-likeness (QED) is 0.880. The fourth-order valence-electron chi connectivity index (χ4n) is 3.27. The van der Waals surface area contributed by atoms with Gasteiger partial charge in [0.2, 0.25) is 0 Å². The highest BCUT2D eigenvalue weighted by atomic mass is 79.9. The molecule has 1 aromatic carbocycles. The SMILES string of the molecule is CC(C)C1CNC(C2CC2)CN1c1c(F)cc(Br)cc1F. The number of hydrogen-bond donors (Lipinski definition) is 1. The number of piperazine rings is 1. The number of nitrogens with one attached hydrogen (secondary N) is 1. The van der Waals surface area contributed by atoms with Crippen molar-refractivity contribution in [2.45, 2.75) is 38.8 Å². The highest BCUT2D eigenvalue weighted by molar-refractivity contribution is 9.10. The summed E-state index contributed by atoms with van der Waals surface area (Å²) in [5.74, 6) is 0.0372. The van der Waals surface area contributed by atoms with Gasteiger partial charge in [0.15, 0.2) is 11.6 Å². The molecule has 2 fully saturated rings. The summed E-state index contributed by atoms with van der Waals surface area (Å²) >= 11 is 3.15. The molecule has 3 rings (SSSR count). The Morgan fingerprint density at radius 2 is 1.86 bits per heavy atom. The van der Waals surface area contributed by atoms with Gasteiger partial charge in [-0.3, -0.25) is 0 Å². The zero-order chi connectivity index (χ0) is 15.1. The molecule has 0 bridgehead atoms. The van der Waals surface area contributed by atoms with E-state index in [2.05, 4.69) is 35.1 Å². The minimum Gasteiger partial charge on any atom is -0.361 e. The maximum atomic E-state index is 14.3. The number of hydrogen-bond acceptors (Lipinski definition) is 2. The Bertz CT molecular complexity index is 508. The van der Waals surface area contributed by atoms with E-state index in [0.717, 1.165) is 6.54 Å². The maximum Gasteiger partial charge on any atom is 0.150 e. The van der Waals surface area contributed by atoms with Gasteiger partial charge in [-0.25, -0.2) is 8.78 Å². The maximum absolute atomic E-state index is 14.3. The first-order valence-electron chi connectivity index (χ1n) is 7.62. The van der Waals surface area contributed by atoms with Crippen molar-refractivity contribution in [3.05, 3.63) is 28.2 Å². The molecule has 2 unspecified atom stereocenters. The molecule has 21 heavy (non-hydrogen) atoms. The van der Waals surface area contributed by atoms with E-state index in [9.17, 15) is 8.78 Å². The van der Waals surface area contributed by atoms with E-state index in [1.54, 1.807) is 0 Å². The van der Waals surface area contributed by atoms with Crippen LogP contribution in [0.15, 0.2) is 16.6 Å². The molecule has 5 heteroatoms. The summed E-state index contributed by atoms with van der Waals surface area (Å²) in [6, 6.07) is 3.17. The summed E-state index contributed by atoms with van der Waals surface area (Å²) in [6.45, 7) is 5.67. The minimum atomic E-state index is -0.482. The predicted molar refractivity (Wildman–Crippen MR) is 84.5 cm³/mol. The van der Waals surface area contributed by atoms with Gasteiger partial charge in [0.25, 0.3) is 0 Å². The molecule has 1 saturated heterocycles. The number of rotatable bonds is 3. The molecule has 116 valence electrons. The van der Waals surface area contributed by atoms with E-state index >= 15 is 0 Å². The van der Waals surface area contributed by atoms with E-state index in [1.165, 1.54) is 25.0 Å². The predicted octanol–water partition coefficient (Wildman–Crippen LogP) is 3.94. The van der Waals surface area contributed by atoms with Crippen molar-refractivity contribution in [2.75, 3.05) is 18.0 Å². The smallest absolute Gasteiger partial charge is 0.150 e. The molecule has 0 radical (unpaired) electrons. The molecular weight excluding hydrogens is 338 g/mol. The van der Waals surface area contributed by atoms with Crippen molar-refractivity contribution in [3.8, 4) is 0 Å². The Morgan fingerprint density at radius 3 is 2.38 bits per heavy atom. The van der Waals surface area contributed by atoms with Gasteiger partial charge in [-0.05, 0) is 36.8 Å². The first-order valence-corrected chi connectivity index (χ1v) is 8.41. The lowest BCUT2D eigenvalue weighted by Crippen LogP contribution is -2.59. The minimum absolute atomic E-state index is 0.116. The molecular formula is C16H21BrF2N2. The number of nitrogens with zero attached hydrogens (tertiary/aromatic N) is 1. The van der Waals surface area contributed by atoms with Crippen LogP contribution in [0.25, 0.3) is 0 Å². The van der Waals surface area contributed by atoms with Crippen LogP contribution in [0.4, 0.5) is 14.5 Å². The van der Waals surface area contributed by atoms with Crippen LogP contribution < -0.4 is 10.2 Å². The molecule has 0 amide bonds. The zero-order valence-corrected chi connectivity index (χ0v) is 14.0. The number of benzene rings is 1. The molecule has 1 aliphatic carbocycles. The Kier molecular flexibility index (Phi) is 4.23. The van der Waals surface area contributed by atoms with Gasteiger partial charge < -0.3 is 10.2 Å². The number of anilines is 1. The van der Waals surface area contributed by atoms with Crippen LogP contribution in [0.5, 0.6) is 0 Å². The summed E-state index contributed by atoms with van der Waals surface area (Å²) in [7, 11) is 0. The summed E-state index contributed by atoms with van der Waals surface area (Å²) in [4.78, 5) is 1.95. The summed E-state index contributed by atoms with van der Waals surface area (Å²) < 4.78 is 29.1. The summed E-state index contributed by atoms with van der Waals surface area (Å²) in [5.41, 5.74) is 0.129. The molecule has 1 aromatic rings. The number of halogens is 3. The third kappa shape index (κ3) is 3.09. The highest BCUT2D eigenvalue weighted by Gasteiger charge is 2.39. The largest absolute Gasteiger partial charge is 0.361 e.